The molecule has 0 saturated heterocycles. The molecule has 0 atom stereocenters. The van der Waals surface area contributed by atoms with Crippen LogP contribution in [0.2, 0.25) is 0 Å². The second kappa shape index (κ2) is 27.1. The molecule has 12 heteroatoms. The molecule has 0 radical (unpaired) electrons. The Morgan fingerprint density at radius 3 is 0.695 bits per heavy atom. The smallest absolute Gasteiger partial charge is 0.306 e. The first-order chi connectivity index (χ1) is 37.5. The summed E-state index contributed by atoms with van der Waals surface area (Å²) in [4.78, 5) is 56.0. The van der Waals surface area contributed by atoms with Crippen LogP contribution in [0.5, 0.6) is 23.0 Å². The minimum atomic E-state index is -1.57. The molecule has 0 unspecified atom stereocenters. The highest BCUT2D eigenvalue weighted by atomic mass is 16.6. The molecule has 0 aliphatic carbocycles. The largest absolute Gasteiger partial charge is 0.507 e. The Labute approximate surface area is 492 Å². The molecule has 4 aromatic rings. The summed E-state index contributed by atoms with van der Waals surface area (Å²) in [5.74, 6) is -1.38. The number of hydrogen-bond donors (Lipinski definition) is 4. The van der Waals surface area contributed by atoms with Crippen molar-refractivity contribution in [3.05, 3.63) is 115 Å². The average Bonchev–Trinajstić information content (AvgIpc) is 3.56. The van der Waals surface area contributed by atoms with E-state index in [4.69, 9.17) is 18.9 Å². The lowest BCUT2D eigenvalue weighted by Crippen LogP contribution is -2.44. The van der Waals surface area contributed by atoms with Gasteiger partial charge in [0.05, 0.1) is 0 Å². The number of hydrogen-bond acceptors (Lipinski definition) is 12. The first-order valence-electron chi connectivity index (χ1n) is 29.6. The van der Waals surface area contributed by atoms with Gasteiger partial charge in [-0.3, -0.25) is 19.2 Å². The van der Waals surface area contributed by atoms with Crippen molar-refractivity contribution in [1.29, 1.82) is 0 Å². The van der Waals surface area contributed by atoms with Gasteiger partial charge in [-0.2, -0.15) is 0 Å². The monoisotopic (exact) mass is 1130 g/mol. The zero-order chi connectivity index (χ0) is 62.2. The quantitative estimate of drug-likeness (QED) is 0.0407. The summed E-state index contributed by atoms with van der Waals surface area (Å²) in [6, 6.07) is 15.3. The van der Waals surface area contributed by atoms with Crippen molar-refractivity contribution in [2.45, 2.75) is 242 Å². The second-order valence-corrected chi connectivity index (χ2v) is 29.1. The number of aromatic hydroxyl groups is 4. The number of esters is 4. The third kappa shape index (κ3) is 19.0. The van der Waals surface area contributed by atoms with Crippen molar-refractivity contribution >= 4 is 23.9 Å². The number of carbonyl (C=O) groups excluding carboxylic acids is 4. The third-order valence-electron chi connectivity index (χ3n) is 15.3. The van der Waals surface area contributed by atoms with Crippen molar-refractivity contribution in [3.63, 3.8) is 0 Å². The van der Waals surface area contributed by atoms with Crippen LogP contribution >= 0.6 is 0 Å². The van der Waals surface area contributed by atoms with E-state index in [-0.39, 0.29) is 89.1 Å². The SMILES string of the molecule is CC(C)c1cc(CCC(=O)OCC(COC(=O)CCc2cc(C(C)C)c(O)c(C(C)(C)C)c2)(COC(=O)CCc2cc(C(C)C)c(O)c(C(C)(C)C)c2)COC(=O)CCc2cc(C(C)(C)C)c(O)c(C(C)(C)C)c2)cc(C(C)(C)C)c1O. The maximum absolute atomic E-state index is 14.0. The molecule has 0 aliphatic rings. The van der Waals surface area contributed by atoms with E-state index in [0.717, 1.165) is 66.8 Å². The minimum Gasteiger partial charge on any atom is -0.507 e. The van der Waals surface area contributed by atoms with E-state index in [1.165, 1.54) is 0 Å². The number of phenolic OH excluding ortho intramolecular Hbond substituents is 4. The van der Waals surface area contributed by atoms with Crippen LogP contribution in [0.3, 0.4) is 0 Å². The average molecular weight is 1140 g/mol. The zero-order valence-corrected chi connectivity index (χ0v) is 53.9. The van der Waals surface area contributed by atoms with Crippen molar-refractivity contribution in [1.82, 2.24) is 0 Å². The van der Waals surface area contributed by atoms with E-state index < -0.39 is 66.5 Å². The lowest BCUT2D eigenvalue weighted by molar-refractivity contribution is -0.170. The number of benzene rings is 4. The summed E-state index contributed by atoms with van der Waals surface area (Å²) < 4.78 is 24.3. The summed E-state index contributed by atoms with van der Waals surface area (Å²) in [6.45, 7) is 40.5. The van der Waals surface area contributed by atoms with Gasteiger partial charge in [-0.1, -0.05) is 194 Å². The van der Waals surface area contributed by atoms with Gasteiger partial charge in [0.1, 0.15) is 54.8 Å². The topological polar surface area (TPSA) is 186 Å². The Morgan fingerprint density at radius 1 is 0.329 bits per heavy atom. The molecule has 0 saturated carbocycles. The van der Waals surface area contributed by atoms with Crippen molar-refractivity contribution in [2.75, 3.05) is 26.4 Å². The molecule has 0 bridgehead atoms. The number of aryl methyl sites for hydroxylation is 4. The fourth-order valence-electron chi connectivity index (χ4n) is 10.1. The fourth-order valence-corrected chi connectivity index (χ4v) is 10.1. The van der Waals surface area contributed by atoms with Crippen LogP contribution in [-0.2, 0) is 90.9 Å². The molecule has 12 nitrogen and oxygen atoms in total. The Bertz CT molecular complexity index is 2620. The van der Waals surface area contributed by atoms with E-state index in [9.17, 15) is 39.6 Å². The maximum Gasteiger partial charge on any atom is 0.306 e. The first-order valence-corrected chi connectivity index (χ1v) is 29.6. The molecule has 454 valence electrons. The first kappa shape index (κ1) is 68.5. The molecular formula is C70H102O12. The highest BCUT2D eigenvalue weighted by Crippen LogP contribution is 2.43. The van der Waals surface area contributed by atoms with Gasteiger partial charge in [0.15, 0.2) is 0 Å². The molecule has 0 fully saturated rings. The predicted octanol–water partition coefficient (Wildman–Crippen LogP) is 15.4. The fraction of sp³-hybridized carbons (Fsp3) is 0.600. The molecule has 0 spiro atoms. The van der Waals surface area contributed by atoms with Gasteiger partial charge in [0.25, 0.3) is 0 Å². The van der Waals surface area contributed by atoms with Crippen molar-refractivity contribution in [3.8, 4) is 23.0 Å². The van der Waals surface area contributed by atoms with E-state index in [2.05, 4.69) is 0 Å². The summed E-state index contributed by atoms with van der Waals surface area (Å²) in [5.41, 5.74) is 6.02. The summed E-state index contributed by atoms with van der Waals surface area (Å²) in [5, 5.41) is 45.1. The summed E-state index contributed by atoms with van der Waals surface area (Å²) in [6.07, 6.45) is 0.940. The normalized spacial score (nSPS) is 12.8. The highest BCUT2D eigenvalue weighted by Gasteiger charge is 2.39. The van der Waals surface area contributed by atoms with Gasteiger partial charge in [-0.15, -0.1) is 0 Å². The van der Waals surface area contributed by atoms with E-state index in [1.807, 2.05) is 194 Å². The molecular weight excluding hydrogens is 1030 g/mol. The van der Waals surface area contributed by atoms with E-state index in [1.54, 1.807) is 0 Å². The van der Waals surface area contributed by atoms with E-state index >= 15 is 0 Å². The molecule has 0 heterocycles. The minimum absolute atomic E-state index is 0.0175. The lowest BCUT2D eigenvalue weighted by Gasteiger charge is -2.32. The maximum atomic E-state index is 14.0. The van der Waals surface area contributed by atoms with Gasteiger partial charge < -0.3 is 39.4 Å². The molecule has 4 aromatic carbocycles. The third-order valence-corrected chi connectivity index (χ3v) is 15.3. The van der Waals surface area contributed by atoms with Crippen LogP contribution in [0.1, 0.15) is 256 Å². The van der Waals surface area contributed by atoms with Crippen LogP contribution in [0, 0.1) is 5.41 Å². The highest BCUT2D eigenvalue weighted by molar-refractivity contribution is 5.72. The molecule has 0 aliphatic heterocycles. The van der Waals surface area contributed by atoms with Crippen LogP contribution in [-0.4, -0.2) is 70.7 Å². The Morgan fingerprint density at radius 2 is 0.512 bits per heavy atom. The Hall–Kier alpha value is -6.04. The number of ether oxygens (including phenoxy) is 4. The van der Waals surface area contributed by atoms with Crippen LogP contribution in [0.4, 0.5) is 0 Å². The van der Waals surface area contributed by atoms with Crippen LogP contribution in [0.25, 0.3) is 0 Å². The number of rotatable bonds is 23. The standard InChI is InChI=1S/C70H102O12/c1-42(2)49-30-45(33-52(61(49)75)65(7,8)9)22-26-57(71)79-38-70(39-80-58(72)27-23-46-31-50(43(3)4)62(76)53(34-46)66(10,11)12,40-81-59(73)28-24-47-32-51(44(5)6)63(77)54(35-47)67(13,14)15)41-82-60(74)29-25-48-36-55(68(16,17)18)64(78)56(37-48)69(19,20)21/h30-37,42-44,75-78H,22-29,38-41H2,1-21H3. The second-order valence-electron chi connectivity index (χ2n) is 29.1. The predicted molar refractivity (Wildman–Crippen MR) is 328 cm³/mol. The van der Waals surface area contributed by atoms with Gasteiger partial charge in [0.2, 0.25) is 0 Å². The van der Waals surface area contributed by atoms with Gasteiger partial charge in [-0.25, -0.2) is 0 Å². The van der Waals surface area contributed by atoms with Crippen LogP contribution < -0.4 is 0 Å². The van der Waals surface area contributed by atoms with Gasteiger partial charge >= 0.3 is 23.9 Å². The molecule has 4 rings (SSSR count). The number of phenols is 4. The lowest BCUT2D eigenvalue weighted by atomic mass is 9.78. The Kier molecular flexibility index (Phi) is 22.6. The molecule has 0 amide bonds. The summed E-state index contributed by atoms with van der Waals surface area (Å²) >= 11 is 0. The zero-order valence-electron chi connectivity index (χ0n) is 53.9. The van der Waals surface area contributed by atoms with E-state index in [0.29, 0.717) is 19.3 Å². The molecule has 4 N–H and O–H groups in total. The van der Waals surface area contributed by atoms with Crippen molar-refractivity contribution < 1.29 is 58.6 Å². The van der Waals surface area contributed by atoms with Crippen LogP contribution in [0.15, 0.2) is 48.5 Å². The molecule has 82 heavy (non-hydrogen) atoms. The van der Waals surface area contributed by atoms with Crippen molar-refractivity contribution in [2.24, 2.45) is 5.41 Å². The Balaban J connectivity index is 1.73. The summed E-state index contributed by atoms with van der Waals surface area (Å²) in [7, 11) is 0. The number of carbonyl (C=O) groups is 4. The molecule has 0 aromatic heterocycles. The van der Waals surface area contributed by atoms with Gasteiger partial charge in [0, 0.05) is 25.7 Å². The van der Waals surface area contributed by atoms with Gasteiger partial charge in [-0.05, 0) is 137 Å².